The number of benzene rings is 1. The number of anilines is 1. The molecule has 1 heterocycles. The summed E-state index contributed by atoms with van der Waals surface area (Å²) in [6, 6.07) is 5.34. The summed E-state index contributed by atoms with van der Waals surface area (Å²) in [5.41, 5.74) is 1.39. The van der Waals surface area contributed by atoms with Crippen LogP contribution in [0, 0.1) is 17.0 Å². The van der Waals surface area contributed by atoms with Gasteiger partial charge in [0.2, 0.25) is 0 Å². The van der Waals surface area contributed by atoms with Gasteiger partial charge in [-0.3, -0.25) is 10.1 Å². The molecule has 116 valence electrons. The molecule has 6 nitrogen and oxygen atoms in total. The first-order valence-electron chi connectivity index (χ1n) is 7.22. The van der Waals surface area contributed by atoms with Gasteiger partial charge in [-0.05, 0) is 38.8 Å². The van der Waals surface area contributed by atoms with Crippen molar-refractivity contribution in [2.75, 3.05) is 24.5 Å². The predicted octanol–water partition coefficient (Wildman–Crippen LogP) is 1.84. The molecule has 0 saturated carbocycles. The molecule has 0 amide bonds. The van der Waals surface area contributed by atoms with Crippen molar-refractivity contribution in [1.82, 2.24) is 5.32 Å². The molecule has 0 aromatic heterocycles. The largest absolute Gasteiger partial charge is 0.389 e. The summed E-state index contributed by atoms with van der Waals surface area (Å²) in [5, 5.41) is 23.9. The second kappa shape index (κ2) is 5.99. The Bertz CT molecular complexity index is 525. The first kappa shape index (κ1) is 15.7. The van der Waals surface area contributed by atoms with Crippen LogP contribution in [0.15, 0.2) is 18.2 Å². The number of nitrogens with one attached hydrogen (secondary N) is 1. The van der Waals surface area contributed by atoms with Gasteiger partial charge >= 0.3 is 0 Å². The predicted molar refractivity (Wildman–Crippen MR) is 82.8 cm³/mol. The van der Waals surface area contributed by atoms with Gasteiger partial charge in [-0.25, -0.2) is 0 Å². The SMILES string of the molecule is Cc1cc([N+](=O)[O-])ccc1N1CCC(NCC(C)(C)O)C1. The van der Waals surface area contributed by atoms with Crippen molar-refractivity contribution in [2.24, 2.45) is 0 Å². The Hall–Kier alpha value is -1.66. The average Bonchev–Trinajstić information content (AvgIpc) is 2.84. The van der Waals surface area contributed by atoms with E-state index in [1.54, 1.807) is 26.0 Å². The number of aliphatic hydroxyl groups is 1. The number of nitro benzene ring substituents is 1. The lowest BCUT2D eigenvalue weighted by Crippen LogP contribution is -2.41. The van der Waals surface area contributed by atoms with Gasteiger partial charge in [0.1, 0.15) is 0 Å². The lowest BCUT2D eigenvalue weighted by Gasteiger charge is -2.23. The number of non-ortho nitro benzene ring substituents is 1. The molecular weight excluding hydrogens is 270 g/mol. The molecule has 1 saturated heterocycles. The second-order valence-electron chi connectivity index (χ2n) is 6.35. The quantitative estimate of drug-likeness (QED) is 0.640. The Morgan fingerprint density at radius 1 is 1.52 bits per heavy atom. The van der Waals surface area contributed by atoms with Crippen LogP contribution < -0.4 is 10.2 Å². The maximum atomic E-state index is 10.8. The Kier molecular flexibility index (Phi) is 4.49. The third-order valence-electron chi connectivity index (χ3n) is 3.74. The number of aryl methyl sites for hydroxylation is 1. The molecule has 1 aliphatic heterocycles. The van der Waals surface area contributed by atoms with Crippen molar-refractivity contribution in [3.63, 3.8) is 0 Å². The van der Waals surface area contributed by atoms with Crippen molar-refractivity contribution in [3.8, 4) is 0 Å². The summed E-state index contributed by atoms with van der Waals surface area (Å²) >= 11 is 0. The summed E-state index contributed by atoms with van der Waals surface area (Å²) in [6.07, 6.45) is 1.01. The molecule has 2 rings (SSSR count). The van der Waals surface area contributed by atoms with E-state index in [1.807, 2.05) is 13.0 Å². The summed E-state index contributed by atoms with van der Waals surface area (Å²) < 4.78 is 0. The molecule has 1 aromatic rings. The highest BCUT2D eigenvalue weighted by Crippen LogP contribution is 2.27. The average molecular weight is 293 g/mol. The van der Waals surface area contributed by atoms with E-state index >= 15 is 0 Å². The van der Waals surface area contributed by atoms with Gasteiger partial charge in [-0.15, -0.1) is 0 Å². The van der Waals surface area contributed by atoms with Crippen molar-refractivity contribution >= 4 is 11.4 Å². The Morgan fingerprint density at radius 2 is 2.24 bits per heavy atom. The molecular formula is C15H23N3O3. The smallest absolute Gasteiger partial charge is 0.269 e. The van der Waals surface area contributed by atoms with Crippen LogP contribution >= 0.6 is 0 Å². The normalized spacial score (nSPS) is 19.0. The minimum atomic E-state index is -0.712. The molecule has 2 N–H and O–H groups in total. The third-order valence-corrected chi connectivity index (χ3v) is 3.74. The second-order valence-corrected chi connectivity index (χ2v) is 6.35. The van der Waals surface area contributed by atoms with E-state index in [1.165, 1.54) is 0 Å². The Balaban J connectivity index is 2.00. The third kappa shape index (κ3) is 4.15. The van der Waals surface area contributed by atoms with E-state index in [4.69, 9.17) is 0 Å². The molecule has 1 fully saturated rings. The highest BCUT2D eigenvalue weighted by Gasteiger charge is 2.25. The molecule has 0 radical (unpaired) electrons. The fourth-order valence-electron chi connectivity index (χ4n) is 2.65. The molecule has 1 aromatic carbocycles. The summed E-state index contributed by atoms with van der Waals surface area (Å²) in [4.78, 5) is 12.6. The van der Waals surface area contributed by atoms with Crippen molar-refractivity contribution in [1.29, 1.82) is 0 Å². The standard InChI is InChI=1S/C15H23N3O3/c1-11-8-13(18(20)21)4-5-14(11)17-7-6-12(9-17)16-10-15(2,3)19/h4-5,8,12,16,19H,6-7,9-10H2,1-3H3. The summed E-state index contributed by atoms with van der Waals surface area (Å²) in [6.45, 7) is 7.81. The van der Waals surface area contributed by atoms with Crippen molar-refractivity contribution in [3.05, 3.63) is 33.9 Å². The van der Waals surface area contributed by atoms with Gasteiger partial charge in [0.25, 0.3) is 5.69 Å². The van der Waals surface area contributed by atoms with E-state index in [9.17, 15) is 15.2 Å². The van der Waals surface area contributed by atoms with E-state index < -0.39 is 5.60 Å². The van der Waals surface area contributed by atoms with Crippen LogP contribution in [-0.2, 0) is 0 Å². The van der Waals surface area contributed by atoms with Crippen LogP contribution in [0.3, 0.4) is 0 Å². The zero-order chi connectivity index (χ0) is 15.6. The van der Waals surface area contributed by atoms with E-state index in [0.29, 0.717) is 12.6 Å². The van der Waals surface area contributed by atoms with E-state index in [2.05, 4.69) is 10.2 Å². The van der Waals surface area contributed by atoms with Crippen LogP contribution in [0.1, 0.15) is 25.8 Å². The molecule has 1 aliphatic rings. The minimum Gasteiger partial charge on any atom is -0.389 e. The zero-order valence-electron chi connectivity index (χ0n) is 12.8. The van der Waals surface area contributed by atoms with Gasteiger partial charge in [0.05, 0.1) is 10.5 Å². The van der Waals surface area contributed by atoms with Crippen LogP contribution in [0.4, 0.5) is 11.4 Å². The number of hydrogen-bond donors (Lipinski definition) is 2. The Labute approximate surface area is 124 Å². The van der Waals surface area contributed by atoms with Crippen LogP contribution in [0.5, 0.6) is 0 Å². The van der Waals surface area contributed by atoms with Gasteiger partial charge in [-0.1, -0.05) is 0 Å². The molecule has 0 bridgehead atoms. The summed E-state index contributed by atoms with van der Waals surface area (Å²) in [5.74, 6) is 0. The number of hydrogen-bond acceptors (Lipinski definition) is 5. The highest BCUT2D eigenvalue weighted by molar-refractivity contribution is 5.58. The number of nitrogens with zero attached hydrogens (tertiary/aromatic N) is 2. The van der Waals surface area contributed by atoms with E-state index in [0.717, 1.165) is 30.8 Å². The van der Waals surface area contributed by atoms with Gasteiger partial charge in [0, 0.05) is 43.5 Å². The fourth-order valence-corrected chi connectivity index (χ4v) is 2.65. The maximum absolute atomic E-state index is 10.8. The first-order valence-corrected chi connectivity index (χ1v) is 7.22. The van der Waals surface area contributed by atoms with E-state index in [-0.39, 0.29) is 10.6 Å². The van der Waals surface area contributed by atoms with Gasteiger partial charge < -0.3 is 15.3 Å². The summed E-state index contributed by atoms with van der Waals surface area (Å²) in [7, 11) is 0. The number of rotatable bonds is 5. The Morgan fingerprint density at radius 3 is 2.81 bits per heavy atom. The first-order chi connectivity index (χ1) is 9.76. The van der Waals surface area contributed by atoms with Crippen molar-refractivity contribution in [2.45, 2.75) is 38.8 Å². The molecule has 1 atom stereocenters. The topological polar surface area (TPSA) is 78.6 Å². The molecule has 21 heavy (non-hydrogen) atoms. The van der Waals surface area contributed by atoms with Crippen LogP contribution in [-0.4, -0.2) is 41.3 Å². The van der Waals surface area contributed by atoms with Crippen LogP contribution in [0.25, 0.3) is 0 Å². The number of nitro groups is 1. The van der Waals surface area contributed by atoms with Gasteiger partial charge in [0.15, 0.2) is 0 Å². The lowest BCUT2D eigenvalue weighted by molar-refractivity contribution is -0.384. The molecule has 0 aliphatic carbocycles. The molecule has 0 spiro atoms. The lowest BCUT2D eigenvalue weighted by atomic mass is 10.1. The molecule has 6 heteroatoms. The highest BCUT2D eigenvalue weighted by atomic mass is 16.6. The molecule has 1 unspecified atom stereocenters. The van der Waals surface area contributed by atoms with Crippen molar-refractivity contribution < 1.29 is 10.0 Å². The zero-order valence-corrected chi connectivity index (χ0v) is 12.8. The van der Waals surface area contributed by atoms with Crippen LogP contribution in [0.2, 0.25) is 0 Å². The minimum absolute atomic E-state index is 0.132. The maximum Gasteiger partial charge on any atom is 0.269 e. The van der Waals surface area contributed by atoms with Gasteiger partial charge in [-0.2, -0.15) is 0 Å². The monoisotopic (exact) mass is 293 g/mol. The fraction of sp³-hybridized carbons (Fsp3) is 0.600.